The molecule has 0 heterocycles. The lowest BCUT2D eigenvalue weighted by molar-refractivity contribution is -0.138. The van der Waals surface area contributed by atoms with Crippen molar-refractivity contribution < 1.29 is 14.3 Å². The first-order valence-electron chi connectivity index (χ1n) is 5.40. The Hall–Kier alpha value is -1.28. The fraction of sp³-hybridized carbons (Fsp3) is 0.308. The fourth-order valence-corrected chi connectivity index (χ4v) is 2.22. The number of benzene rings is 1. The molecule has 0 bridgehead atoms. The van der Waals surface area contributed by atoms with Crippen LogP contribution in [0.25, 0.3) is 0 Å². The molecule has 102 valence electrons. The molecule has 0 radical (unpaired) electrons. The number of aliphatic carboxylic acids is 1. The van der Waals surface area contributed by atoms with Gasteiger partial charge in [-0.1, -0.05) is 29.1 Å². The van der Waals surface area contributed by atoms with Crippen LogP contribution in [0.4, 0.5) is 4.39 Å². The largest absolute Gasteiger partial charge is 0.480 e. The van der Waals surface area contributed by atoms with Crippen LogP contribution in [0.5, 0.6) is 0 Å². The predicted molar refractivity (Wildman–Crippen MR) is 72.9 cm³/mol. The maximum atomic E-state index is 13.5. The van der Waals surface area contributed by atoms with E-state index in [1.165, 1.54) is 17.0 Å². The number of nitrogens with zero attached hydrogens (tertiary/aromatic N) is 1. The molecule has 0 amide bonds. The minimum atomic E-state index is -1.02. The van der Waals surface area contributed by atoms with Crippen molar-refractivity contribution >= 4 is 29.2 Å². The molecule has 0 saturated carbocycles. The smallest absolute Gasteiger partial charge is 0.317 e. The molecule has 0 aromatic heterocycles. The van der Waals surface area contributed by atoms with E-state index in [0.29, 0.717) is 5.56 Å². The number of carboxylic acids is 1. The van der Waals surface area contributed by atoms with Gasteiger partial charge in [-0.25, -0.2) is 4.39 Å². The molecule has 0 aliphatic rings. The Bertz CT molecular complexity index is 528. The lowest BCUT2D eigenvalue weighted by Gasteiger charge is -2.26. The molecular formula is C13H12Cl2FNO2. The summed E-state index contributed by atoms with van der Waals surface area (Å²) in [7, 11) is 0. The summed E-state index contributed by atoms with van der Waals surface area (Å²) >= 11 is 11.6. The van der Waals surface area contributed by atoms with E-state index in [4.69, 9.17) is 34.7 Å². The third kappa shape index (κ3) is 4.10. The monoisotopic (exact) mass is 303 g/mol. The number of terminal acetylenes is 1. The van der Waals surface area contributed by atoms with Gasteiger partial charge in [0, 0.05) is 11.1 Å². The molecule has 0 aliphatic heterocycles. The van der Waals surface area contributed by atoms with Gasteiger partial charge in [0.25, 0.3) is 0 Å². The number of rotatable bonds is 5. The van der Waals surface area contributed by atoms with Crippen LogP contribution >= 0.6 is 23.2 Å². The Balaban J connectivity index is 3.09. The van der Waals surface area contributed by atoms with Crippen LogP contribution in [-0.2, 0) is 4.79 Å². The number of hydrogen-bond donors (Lipinski definition) is 1. The summed E-state index contributed by atoms with van der Waals surface area (Å²) in [6.45, 7) is 1.56. The van der Waals surface area contributed by atoms with Crippen molar-refractivity contribution in [3.63, 3.8) is 0 Å². The molecule has 0 aliphatic carbocycles. The van der Waals surface area contributed by atoms with Crippen molar-refractivity contribution in [2.45, 2.75) is 13.0 Å². The third-order valence-corrected chi connectivity index (χ3v) is 3.29. The number of halogens is 3. The number of carboxylic acid groups (broad SMARTS) is 1. The van der Waals surface area contributed by atoms with Crippen molar-refractivity contribution in [2.24, 2.45) is 0 Å². The molecule has 19 heavy (non-hydrogen) atoms. The molecule has 1 aromatic carbocycles. The van der Waals surface area contributed by atoms with Crippen molar-refractivity contribution in [1.82, 2.24) is 4.90 Å². The van der Waals surface area contributed by atoms with Gasteiger partial charge in [-0.2, -0.15) is 0 Å². The summed E-state index contributed by atoms with van der Waals surface area (Å²) in [5, 5.41) is 9.02. The predicted octanol–water partition coefficient (Wildman–Crippen LogP) is 3.21. The van der Waals surface area contributed by atoms with Gasteiger partial charge in [-0.05, 0) is 24.6 Å². The summed E-state index contributed by atoms with van der Waals surface area (Å²) < 4.78 is 13.5. The van der Waals surface area contributed by atoms with Gasteiger partial charge in [0.15, 0.2) is 0 Å². The maximum absolute atomic E-state index is 13.5. The molecular weight excluding hydrogens is 292 g/mol. The van der Waals surface area contributed by atoms with Gasteiger partial charge in [0.1, 0.15) is 5.82 Å². The number of hydrogen-bond acceptors (Lipinski definition) is 2. The second-order valence-corrected chi connectivity index (χ2v) is 4.78. The first-order chi connectivity index (χ1) is 8.86. The molecule has 1 rings (SSSR count). The molecule has 6 heteroatoms. The van der Waals surface area contributed by atoms with Crippen molar-refractivity contribution in [3.8, 4) is 12.3 Å². The van der Waals surface area contributed by atoms with Gasteiger partial charge in [-0.3, -0.25) is 9.69 Å². The minimum Gasteiger partial charge on any atom is -0.480 e. The Kier molecular flexibility index (Phi) is 5.61. The standard InChI is InChI=1S/C13H12Cl2FNO2/c1-3-4-17(7-13(18)19)8(2)9-5-12(16)11(15)6-10(9)14/h1,5-6,8H,4,7H2,2H3,(H,18,19). The normalized spacial score (nSPS) is 12.2. The van der Waals surface area contributed by atoms with Crippen molar-refractivity contribution in [2.75, 3.05) is 13.1 Å². The zero-order valence-corrected chi connectivity index (χ0v) is 11.7. The SMILES string of the molecule is C#CCN(CC(=O)O)C(C)c1cc(F)c(Cl)cc1Cl. The Morgan fingerprint density at radius 1 is 1.53 bits per heavy atom. The molecule has 3 nitrogen and oxygen atoms in total. The van der Waals surface area contributed by atoms with Crippen LogP contribution < -0.4 is 0 Å². The van der Waals surface area contributed by atoms with E-state index in [0.717, 1.165) is 0 Å². The average molecular weight is 304 g/mol. The lowest BCUT2D eigenvalue weighted by Crippen LogP contribution is -2.33. The maximum Gasteiger partial charge on any atom is 0.317 e. The highest BCUT2D eigenvalue weighted by Gasteiger charge is 2.21. The van der Waals surface area contributed by atoms with Crippen LogP contribution in [0.15, 0.2) is 12.1 Å². The van der Waals surface area contributed by atoms with E-state index in [-0.39, 0.29) is 23.1 Å². The van der Waals surface area contributed by atoms with Crippen LogP contribution in [0, 0.1) is 18.2 Å². The Labute approximate surface area is 120 Å². The van der Waals surface area contributed by atoms with Gasteiger partial charge in [-0.15, -0.1) is 6.42 Å². The Morgan fingerprint density at radius 3 is 2.68 bits per heavy atom. The fourth-order valence-electron chi connectivity index (χ4n) is 1.68. The molecule has 0 spiro atoms. The third-order valence-electron chi connectivity index (χ3n) is 2.67. The zero-order chi connectivity index (χ0) is 14.6. The van der Waals surface area contributed by atoms with E-state index in [2.05, 4.69) is 5.92 Å². The van der Waals surface area contributed by atoms with Crippen LogP contribution in [0.2, 0.25) is 10.0 Å². The lowest BCUT2D eigenvalue weighted by atomic mass is 10.1. The summed E-state index contributed by atoms with van der Waals surface area (Å²) in [6.07, 6.45) is 5.20. The van der Waals surface area contributed by atoms with Crippen LogP contribution in [-0.4, -0.2) is 29.1 Å². The second kappa shape index (κ2) is 6.76. The topological polar surface area (TPSA) is 40.5 Å². The zero-order valence-electron chi connectivity index (χ0n) is 10.2. The van der Waals surface area contributed by atoms with E-state index < -0.39 is 17.8 Å². The second-order valence-electron chi connectivity index (χ2n) is 3.97. The van der Waals surface area contributed by atoms with Crippen molar-refractivity contribution in [3.05, 3.63) is 33.6 Å². The molecule has 1 atom stereocenters. The summed E-state index contributed by atoms with van der Waals surface area (Å²) in [6, 6.07) is 2.05. The van der Waals surface area contributed by atoms with Crippen LogP contribution in [0.3, 0.4) is 0 Å². The summed E-state index contributed by atoms with van der Waals surface area (Å²) in [5.41, 5.74) is 0.445. The van der Waals surface area contributed by atoms with Crippen molar-refractivity contribution in [1.29, 1.82) is 0 Å². The van der Waals surface area contributed by atoms with Gasteiger partial charge >= 0.3 is 5.97 Å². The number of carbonyl (C=O) groups is 1. The van der Waals surface area contributed by atoms with Gasteiger partial charge in [0.2, 0.25) is 0 Å². The van der Waals surface area contributed by atoms with E-state index in [1.807, 2.05) is 0 Å². The summed E-state index contributed by atoms with van der Waals surface area (Å²) in [4.78, 5) is 12.3. The molecule has 1 N–H and O–H groups in total. The highest BCUT2D eigenvalue weighted by atomic mass is 35.5. The first kappa shape index (κ1) is 15.8. The minimum absolute atomic E-state index is 0.0808. The Morgan fingerprint density at radius 2 is 2.16 bits per heavy atom. The quantitative estimate of drug-likeness (QED) is 0.671. The molecule has 1 unspecified atom stereocenters. The molecule has 0 fully saturated rings. The van der Waals surface area contributed by atoms with Gasteiger partial charge in [0.05, 0.1) is 18.1 Å². The van der Waals surface area contributed by atoms with E-state index in [9.17, 15) is 9.18 Å². The average Bonchev–Trinajstić information content (AvgIpc) is 2.32. The first-order valence-corrected chi connectivity index (χ1v) is 6.16. The highest BCUT2D eigenvalue weighted by Crippen LogP contribution is 2.31. The van der Waals surface area contributed by atoms with Gasteiger partial charge < -0.3 is 5.11 Å². The van der Waals surface area contributed by atoms with Crippen LogP contribution in [0.1, 0.15) is 18.5 Å². The van der Waals surface area contributed by atoms with E-state index in [1.54, 1.807) is 6.92 Å². The summed E-state index contributed by atoms with van der Waals surface area (Å²) in [5.74, 6) is 0.741. The molecule has 1 aromatic rings. The molecule has 0 saturated heterocycles. The van der Waals surface area contributed by atoms with E-state index >= 15 is 0 Å². The highest BCUT2D eigenvalue weighted by molar-refractivity contribution is 6.35.